The Morgan fingerprint density at radius 3 is 2.79 bits per heavy atom. The van der Waals surface area contributed by atoms with Gasteiger partial charge in [-0.3, -0.25) is 9.40 Å². The van der Waals surface area contributed by atoms with Crippen molar-refractivity contribution < 1.29 is 31.9 Å². The zero-order chi connectivity index (χ0) is 23.0. The fraction of sp³-hybridized carbons (Fsp3) is 0.250. The zero-order valence-electron chi connectivity index (χ0n) is 17.6. The van der Waals surface area contributed by atoms with Crippen LogP contribution in [-0.2, 0) is 16.6 Å². The zero-order valence-corrected chi connectivity index (χ0v) is 18.5. The Balaban J connectivity index is 1.56. The van der Waals surface area contributed by atoms with Crippen molar-refractivity contribution in [3.05, 3.63) is 42.4 Å². The second kappa shape index (κ2) is 8.16. The Morgan fingerprint density at radius 1 is 1.18 bits per heavy atom. The highest BCUT2D eigenvalue weighted by Crippen LogP contribution is 2.43. The van der Waals surface area contributed by atoms with Gasteiger partial charge < -0.3 is 23.5 Å². The molecule has 0 fully saturated rings. The van der Waals surface area contributed by atoms with Crippen LogP contribution in [-0.4, -0.2) is 55.8 Å². The van der Waals surface area contributed by atoms with Crippen molar-refractivity contribution >= 4 is 26.8 Å². The summed E-state index contributed by atoms with van der Waals surface area (Å²) in [5, 5.41) is 8.32. The van der Waals surface area contributed by atoms with Gasteiger partial charge in [0, 0.05) is 18.5 Å². The molecule has 0 aliphatic carbocycles. The molecule has 4 aromatic rings. The maximum Gasteiger partial charge on any atom is 0.270 e. The van der Waals surface area contributed by atoms with Gasteiger partial charge in [0.15, 0.2) is 27.8 Å². The summed E-state index contributed by atoms with van der Waals surface area (Å²) in [6, 6.07) is 6.52. The highest BCUT2D eigenvalue weighted by molar-refractivity contribution is 7.93. The van der Waals surface area contributed by atoms with Gasteiger partial charge in [-0.2, -0.15) is 5.10 Å². The second-order valence-electron chi connectivity index (χ2n) is 6.96. The van der Waals surface area contributed by atoms with Crippen molar-refractivity contribution in [2.45, 2.75) is 11.4 Å². The summed E-state index contributed by atoms with van der Waals surface area (Å²) in [5.41, 5.74) is 0.890. The lowest BCUT2D eigenvalue weighted by Gasteiger charge is -2.22. The molecule has 1 aliphatic heterocycles. The minimum absolute atomic E-state index is 0.0625. The van der Waals surface area contributed by atoms with Crippen LogP contribution in [0.15, 0.2) is 46.1 Å². The molecule has 0 spiro atoms. The molecular formula is C20H19N5O7S. The molecule has 33 heavy (non-hydrogen) atoms. The normalized spacial score (nSPS) is 13.2. The lowest BCUT2D eigenvalue weighted by molar-refractivity contribution is 0.165. The van der Waals surface area contributed by atoms with E-state index < -0.39 is 10.0 Å². The molecule has 0 amide bonds. The van der Waals surface area contributed by atoms with Crippen LogP contribution >= 0.6 is 0 Å². The second-order valence-corrected chi connectivity index (χ2v) is 8.58. The van der Waals surface area contributed by atoms with Crippen molar-refractivity contribution in [2.75, 3.05) is 32.2 Å². The molecule has 4 heterocycles. The number of methoxy groups -OCH3 is 2. The molecule has 1 aliphatic rings. The van der Waals surface area contributed by atoms with Crippen LogP contribution in [0.5, 0.6) is 23.1 Å². The Morgan fingerprint density at radius 2 is 2.03 bits per heavy atom. The van der Waals surface area contributed by atoms with E-state index >= 15 is 0 Å². The number of sulfonamides is 1. The third-order valence-electron chi connectivity index (χ3n) is 4.90. The molecule has 0 saturated heterocycles. The molecule has 0 saturated carbocycles. The van der Waals surface area contributed by atoms with Crippen molar-refractivity contribution in [2.24, 2.45) is 0 Å². The predicted molar refractivity (Wildman–Crippen MR) is 114 cm³/mol. The number of rotatable bonds is 7. The number of benzene rings is 1. The van der Waals surface area contributed by atoms with Crippen LogP contribution in [0, 0.1) is 0 Å². The third kappa shape index (κ3) is 3.75. The number of hydrogen-bond acceptors (Lipinski definition) is 10. The van der Waals surface area contributed by atoms with Gasteiger partial charge in [-0.1, -0.05) is 5.16 Å². The largest absolute Gasteiger partial charge is 0.495 e. The number of nitrogens with one attached hydrogen (secondary N) is 1. The van der Waals surface area contributed by atoms with Crippen LogP contribution in [0.3, 0.4) is 0 Å². The molecule has 13 heteroatoms. The molecule has 5 rings (SSSR count). The fourth-order valence-corrected chi connectivity index (χ4v) is 4.82. The predicted octanol–water partition coefficient (Wildman–Crippen LogP) is 2.06. The van der Waals surface area contributed by atoms with E-state index in [9.17, 15) is 8.42 Å². The standard InChI is InChI=1S/C20H19N5O7S/c1-28-14-5-4-13-17(31-9-8-30-13)18(14)33(26,27)24-19-16-15(32-23-19)10-12(22-20(16)29-2)11-25-7-3-6-21-25/h3-7,10H,8-9,11H2,1-2H3,(H,23,24). The van der Waals surface area contributed by atoms with E-state index in [1.807, 2.05) is 0 Å². The molecule has 0 bridgehead atoms. The van der Waals surface area contributed by atoms with E-state index in [4.69, 9.17) is 23.5 Å². The first-order valence-electron chi connectivity index (χ1n) is 9.80. The number of fused-ring (bicyclic) bond motifs is 2. The van der Waals surface area contributed by atoms with Gasteiger partial charge in [0.2, 0.25) is 5.88 Å². The maximum atomic E-state index is 13.4. The number of hydrogen-bond donors (Lipinski definition) is 1. The van der Waals surface area contributed by atoms with Gasteiger partial charge in [0.05, 0.1) is 26.5 Å². The Labute approximate surface area is 188 Å². The van der Waals surface area contributed by atoms with Crippen molar-refractivity contribution in [3.63, 3.8) is 0 Å². The Kier molecular flexibility index (Phi) is 5.17. The quantitative estimate of drug-likeness (QED) is 0.424. The molecule has 172 valence electrons. The fourth-order valence-electron chi connectivity index (χ4n) is 3.50. The molecule has 0 unspecified atom stereocenters. The summed E-state index contributed by atoms with van der Waals surface area (Å²) < 4.78 is 58.1. The van der Waals surface area contributed by atoms with Crippen LogP contribution in [0.4, 0.5) is 5.82 Å². The lowest BCUT2D eigenvalue weighted by atomic mass is 10.2. The highest BCUT2D eigenvalue weighted by atomic mass is 32.2. The Bertz CT molecular complexity index is 1420. The summed E-state index contributed by atoms with van der Waals surface area (Å²) in [6.07, 6.45) is 3.44. The van der Waals surface area contributed by atoms with Crippen LogP contribution in [0.2, 0.25) is 0 Å². The van der Waals surface area contributed by atoms with Gasteiger partial charge >= 0.3 is 0 Å². The molecule has 12 nitrogen and oxygen atoms in total. The van der Waals surface area contributed by atoms with E-state index in [-0.39, 0.29) is 40.1 Å². The first-order chi connectivity index (χ1) is 16.0. The first-order valence-corrected chi connectivity index (χ1v) is 11.3. The maximum absolute atomic E-state index is 13.4. The van der Waals surface area contributed by atoms with Crippen molar-refractivity contribution in [1.82, 2.24) is 19.9 Å². The van der Waals surface area contributed by atoms with Crippen molar-refractivity contribution in [1.29, 1.82) is 0 Å². The Hall–Kier alpha value is -4.00. The topological polar surface area (TPSA) is 140 Å². The number of ether oxygens (including phenoxy) is 4. The van der Waals surface area contributed by atoms with Crippen LogP contribution in [0.25, 0.3) is 11.0 Å². The highest BCUT2D eigenvalue weighted by Gasteiger charge is 2.32. The summed E-state index contributed by atoms with van der Waals surface area (Å²) in [6.45, 7) is 0.877. The van der Waals surface area contributed by atoms with E-state index in [0.717, 1.165) is 0 Å². The van der Waals surface area contributed by atoms with Crippen LogP contribution < -0.4 is 23.7 Å². The number of nitrogens with zero attached hydrogens (tertiary/aromatic N) is 4. The SMILES string of the molecule is COc1ccc2c(c1S(=O)(=O)Nc1noc3cc(Cn4cccn4)nc(OC)c13)OCCO2. The van der Waals surface area contributed by atoms with Gasteiger partial charge in [-0.25, -0.2) is 13.4 Å². The molecule has 1 N–H and O–H groups in total. The van der Waals surface area contributed by atoms with E-state index in [1.165, 1.54) is 20.3 Å². The molecule has 3 aromatic heterocycles. The van der Waals surface area contributed by atoms with Crippen LogP contribution in [0.1, 0.15) is 5.69 Å². The van der Waals surface area contributed by atoms with E-state index in [0.29, 0.717) is 30.2 Å². The molecular weight excluding hydrogens is 454 g/mol. The average Bonchev–Trinajstić information content (AvgIpc) is 3.47. The monoisotopic (exact) mass is 473 g/mol. The first kappa shape index (κ1) is 20.9. The van der Waals surface area contributed by atoms with E-state index in [2.05, 4.69) is 20.0 Å². The number of pyridine rings is 1. The van der Waals surface area contributed by atoms with Gasteiger partial charge in [0.1, 0.15) is 24.3 Å². The van der Waals surface area contributed by atoms with Gasteiger partial charge in [-0.15, -0.1) is 0 Å². The molecule has 0 atom stereocenters. The summed E-state index contributed by atoms with van der Waals surface area (Å²) >= 11 is 0. The number of aromatic nitrogens is 4. The summed E-state index contributed by atoms with van der Waals surface area (Å²) in [5.74, 6) is 0.514. The summed E-state index contributed by atoms with van der Waals surface area (Å²) in [4.78, 5) is 4.24. The summed E-state index contributed by atoms with van der Waals surface area (Å²) in [7, 11) is -1.45. The minimum atomic E-state index is -4.23. The minimum Gasteiger partial charge on any atom is -0.495 e. The van der Waals surface area contributed by atoms with Crippen molar-refractivity contribution in [3.8, 4) is 23.1 Å². The lowest BCUT2D eigenvalue weighted by Crippen LogP contribution is -2.21. The third-order valence-corrected chi connectivity index (χ3v) is 6.28. The van der Waals surface area contributed by atoms with Gasteiger partial charge in [-0.05, 0) is 18.2 Å². The average molecular weight is 473 g/mol. The molecule has 1 aromatic carbocycles. The van der Waals surface area contributed by atoms with Gasteiger partial charge in [0.25, 0.3) is 10.0 Å². The smallest absolute Gasteiger partial charge is 0.270 e. The molecule has 0 radical (unpaired) electrons. The number of anilines is 1. The van der Waals surface area contributed by atoms with E-state index in [1.54, 1.807) is 35.3 Å².